The number of rotatable bonds is 1. The average Bonchev–Trinajstić information content (AvgIpc) is 2.37. The van der Waals surface area contributed by atoms with Gasteiger partial charge in [-0.15, -0.1) is 11.3 Å². The second-order valence-corrected chi connectivity index (χ2v) is 3.30. The maximum absolute atomic E-state index is 4.97. The Morgan fingerprint density at radius 3 is 3.00 bits per heavy atom. The molecule has 0 fully saturated rings. The van der Waals surface area contributed by atoms with Gasteiger partial charge in [-0.2, -0.15) is 0 Å². The Labute approximate surface area is 77.0 Å². The SMILES string of the molecule is S=C(NI)c1cccs1. The Morgan fingerprint density at radius 2 is 2.56 bits per heavy atom. The third-order valence-electron chi connectivity index (χ3n) is 0.831. The van der Waals surface area contributed by atoms with Crippen molar-refractivity contribution < 1.29 is 0 Å². The lowest BCUT2D eigenvalue weighted by Crippen LogP contribution is -2.07. The van der Waals surface area contributed by atoms with Gasteiger partial charge in [-0.05, 0) is 11.4 Å². The summed E-state index contributed by atoms with van der Waals surface area (Å²) < 4.78 is 2.88. The lowest BCUT2D eigenvalue weighted by molar-refractivity contribution is 1.67. The van der Waals surface area contributed by atoms with Crippen molar-refractivity contribution in [1.29, 1.82) is 0 Å². The van der Waals surface area contributed by atoms with Crippen LogP contribution in [0.25, 0.3) is 0 Å². The molecule has 0 radical (unpaired) electrons. The number of hydrogen-bond donors (Lipinski definition) is 1. The van der Waals surface area contributed by atoms with E-state index >= 15 is 0 Å². The van der Waals surface area contributed by atoms with Crippen LogP contribution in [-0.4, -0.2) is 4.99 Å². The smallest absolute Gasteiger partial charge is 0.125 e. The van der Waals surface area contributed by atoms with Gasteiger partial charge in [-0.3, -0.25) is 0 Å². The largest absolute Gasteiger partial charge is 0.318 e. The molecule has 1 N–H and O–H groups in total. The summed E-state index contributed by atoms with van der Waals surface area (Å²) in [5.41, 5.74) is 0. The molecule has 0 aliphatic rings. The van der Waals surface area contributed by atoms with E-state index in [-0.39, 0.29) is 0 Å². The van der Waals surface area contributed by atoms with Crippen molar-refractivity contribution in [2.75, 3.05) is 0 Å². The molecule has 48 valence electrons. The van der Waals surface area contributed by atoms with Crippen molar-refractivity contribution in [3.05, 3.63) is 22.4 Å². The van der Waals surface area contributed by atoms with Gasteiger partial charge in [0.1, 0.15) is 4.99 Å². The third kappa shape index (κ3) is 1.87. The van der Waals surface area contributed by atoms with E-state index in [4.69, 9.17) is 12.2 Å². The van der Waals surface area contributed by atoms with Gasteiger partial charge in [-0.25, -0.2) is 0 Å². The van der Waals surface area contributed by atoms with Crippen molar-refractivity contribution in [3.63, 3.8) is 0 Å². The third-order valence-corrected chi connectivity index (χ3v) is 3.07. The quantitative estimate of drug-likeness (QED) is 0.477. The van der Waals surface area contributed by atoms with Gasteiger partial charge in [-0.1, -0.05) is 18.3 Å². The highest BCUT2D eigenvalue weighted by molar-refractivity contribution is 14.1. The van der Waals surface area contributed by atoms with Crippen LogP contribution >= 0.6 is 46.4 Å². The molecule has 0 amide bonds. The molecule has 9 heavy (non-hydrogen) atoms. The van der Waals surface area contributed by atoms with Crippen LogP contribution < -0.4 is 3.53 Å². The van der Waals surface area contributed by atoms with E-state index in [0.717, 1.165) is 9.87 Å². The highest BCUT2D eigenvalue weighted by Gasteiger charge is 1.96. The molecule has 1 heterocycles. The summed E-state index contributed by atoms with van der Waals surface area (Å²) in [5.74, 6) is 0. The van der Waals surface area contributed by atoms with Crippen molar-refractivity contribution in [3.8, 4) is 0 Å². The molecule has 0 bridgehead atoms. The zero-order valence-corrected chi connectivity index (χ0v) is 8.22. The zero-order chi connectivity index (χ0) is 6.69. The number of thiocarbonyl (C=S) groups is 1. The molecule has 0 unspecified atom stereocenters. The Kier molecular flexibility index (Phi) is 2.87. The Balaban J connectivity index is 2.77. The predicted molar refractivity (Wildman–Crippen MR) is 53.2 cm³/mol. The summed E-state index contributed by atoms with van der Waals surface area (Å²) in [6.07, 6.45) is 0. The van der Waals surface area contributed by atoms with E-state index in [1.165, 1.54) is 0 Å². The van der Waals surface area contributed by atoms with Crippen LogP contribution in [0.15, 0.2) is 17.5 Å². The van der Waals surface area contributed by atoms with Crippen molar-refractivity contribution in [1.82, 2.24) is 3.53 Å². The first-order valence-corrected chi connectivity index (χ1v) is 4.65. The molecule has 0 aliphatic heterocycles. The van der Waals surface area contributed by atoms with Gasteiger partial charge in [0.2, 0.25) is 0 Å². The van der Waals surface area contributed by atoms with E-state index in [0.29, 0.717) is 0 Å². The monoisotopic (exact) mass is 269 g/mol. The van der Waals surface area contributed by atoms with E-state index in [2.05, 4.69) is 3.53 Å². The van der Waals surface area contributed by atoms with E-state index < -0.39 is 0 Å². The predicted octanol–water partition coefficient (Wildman–Crippen LogP) is 2.36. The lowest BCUT2D eigenvalue weighted by atomic mass is 10.5. The fourth-order valence-corrected chi connectivity index (χ4v) is 1.76. The van der Waals surface area contributed by atoms with Gasteiger partial charge in [0.25, 0.3) is 0 Å². The average molecular weight is 269 g/mol. The first-order chi connectivity index (χ1) is 4.34. The molecule has 0 saturated heterocycles. The summed E-state index contributed by atoms with van der Waals surface area (Å²) in [6, 6.07) is 3.99. The first kappa shape index (κ1) is 7.43. The van der Waals surface area contributed by atoms with Crippen LogP contribution in [0.2, 0.25) is 0 Å². The molecule has 4 heteroatoms. The van der Waals surface area contributed by atoms with Crippen LogP contribution in [0.1, 0.15) is 4.88 Å². The van der Waals surface area contributed by atoms with Crippen molar-refractivity contribution in [2.45, 2.75) is 0 Å². The fraction of sp³-hybridized carbons (Fsp3) is 0. The van der Waals surface area contributed by atoms with Gasteiger partial charge in [0, 0.05) is 0 Å². The Morgan fingerprint density at radius 1 is 1.78 bits per heavy atom. The zero-order valence-electron chi connectivity index (χ0n) is 4.43. The molecule has 0 atom stereocenters. The normalized spacial score (nSPS) is 9.00. The summed E-state index contributed by atoms with van der Waals surface area (Å²) in [4.78, 5) is 1.94. The summed E-state index contributed by atoms with van der Waals surface area (Å²) in [7, 11) is 0. The maximum Gasteiger partial charge on any atom is 0.125 e. The van der Waals surface area contributed by atoms with Crippen LogP contribution in [-0.2, 0) is 0 Å². The van der Waals surface area contributed by atoms with Crippen molar-refractivity contribution >= 4 is 51.4 Å². The molecule has 1 nitrogen and oxygen atoms in total. The van der Waals surface area contributed by atoms with E-state index in [9.17, 15) is 0 Å². The number of hydrogen-bond acceptors (Lipinski definition) is 2. The second-order valence-electron chi connectivity index (χ2n) is 1.40. The number of thiophene rings is 1. The molecule has 0 aromatic carbocycles. The number of nitrogens with one attached hydrogen (secondary N) is 1. The second kappa shape index (κ2) is 3.48. The minimum Gasteiger partial charge on any atom is -0.318 e. The van der Waals surface area contributed by atoms with Crippen LogP contribution in [0.3, 0.4) is 0 Å². The van der Waals surface area contributed by atoms with Gasteiger partial charge in [0.05, 0.1) is 27.7 Å². The maximum atomic E-state index is 4.97. The highest BCUT2D eigenvalue weighted by atomic mass is 127. The first-order valence-electron chi connectivity index (χ1n) is 2.29. The molecule has 0 spiro atoms. The molecule has 1 aromatic heterocycles. The van der Waals surface area contributed by atoms with Crippen molar-refractivity contribution in [2.24, 2.45) is 0 Å². The molecule has 0 saturated carbocycles. The molecular weight excluding hydrogens is 265 g/mol. The van der Waals surface area contributed by atoms with Gasteiger partial charge >= 0.3 is 0 Å². The van der Waals surface area contributed by atoms with Gasteiger partial charge in [0.15, 0.2) is 0 Å². The van der Waals surface area contributed by atoms with Crippen LogP contribution in [0, 0.1) is 0 Å². The fourth-order valence-electron chi connectivity index (χ4n) is 0.454. The number of halogens is 1. The van der Waals surface area contributed by atoms with Crippen LogP contribution in [0.5, 0.6) is 0 Å². The molecule has 0 aliphatic carbocycles. The topological polar surface area (TPSA) is 12.0 Å². The summed E-state index contributed by atoms with van der Waals surface area (Å²) in [6.45, 7) is 0. The summed E-state index contributed by atoms with van der Waals surface area (Å²) >= 11 is 8.64. The minimum absolute atomic E-state index is 0.811. The molecule has 1 rings (SSSR count). The van der Waals surface area contributed by atoms with Gasteiger partial charge < -0.3 is 3.53 Å². The summed E-state index contributed by atoms with van der Waals surface area (Å²) in [5, 5.41) is 2.01. The standard InChI is InChI=1S/C5H4INS2/c6-7-5(8)4-2-1-3-9-4/h1-3H,(H,7,8). The Hall–Kier alpha value is 0.320. The molecule has 1 aromatic rings. The Bertz CT molecular complexity index is 195. The van der Waals surface area contributed by atoms with E-state index in [1.807, 2.05) is 40.4 Å². The highest BCUT2D eigenvalue weighted by Crippen LogP contribution is 2.08. The van der Waals surface area contributed by atoms with Crippen LogP contribution in [0.4, 0.5) is 0 Å². The lowest BCUT2D eigenvalue weighted by Gasteiger charge is -1.92. The molecular formula is C5H4INS2. The minimum atomic E-state index is 0.811. The van der Waals surface area contributed by atoms with E-state index in [1.54, 1.807) is 11.3 Å².